The molecule has 3 unspecified atom stereocenters. The van der Waals surface area contributed by atoms with Crippen LogP contribution < -0.4 is 25.2 Å². The molecule has 2 aromatic heterocycles. The van der Waals surface area contributed by atoms with Crippen LogP contribution in [0.15, 0.2) is 54.7 Å². The van der Waals surface area contributed by atoms with Crippen molar-refractivity contribution in [1.82, 2.24) is 40.3 Å². The molecular weight excluding hydrogens is 864 g/mol. The predicted octanol–water partition coefficient (Wildman–Crippen LogP) is 5.40. The summed E-state index contributed by atoms with van der Waals surface area (Å²) >= 11 is 0. The van der Waals surface area contributed by atoms with Crippen molar-refractivity contribution in [2.24, 2.45) is 5.41 Å². The molecule has 7 aliphatic rings. The quantitative estimate of drug-likeness (QED) is 0.145. The Labute approximate surface area is 395 Å². The second kappa shape index (κ2) is 17.2. The average Bonchev–Trinajstić information content (AvgIpc) is 3.93. The number of imide groups is 1. The summed E-state index contributed by atoms with van der Waals surface area (Å²) in [4.78, 5) is 63.6. The largest absolute Gasteiger partial charge is 0.508 e. The molecule has 3 amide bonds. The van der Waals surface area contributed by atoms with Crippen LogP contribution in [0.5, 0.6) is 11.8 Å². The highest BCUT2D eigenvalue weighted by molar-refractivity contribution is 6.06. The number of fused-ring (bicyclic) bond motifs is 5. The van der Waals surface area contributed by atoms with Gasteiger partial charge in [0.25, 0.3) is 5.91 Å². The maximum atomic E-state index is 17.2. The summed E-state index contributed by atoms with van der Waals surface area (Å²) < 4.78 is 23.7. The van der Waals surface area contributed by atoms with E-state index in [0.29, 0.717) is 60.0 Å². The predicted molar refractivity (Wildman–Crippen MR) is 256 cm³/mol. The van der Waals surface area contributed by atoms with E-state index in [-0.39, 0.29) is 52.5 Å². The van der Waals surface area contributed by atoms with Crippen molar-refractivity contribution in [3.05, 3.63) is 77.2 Å². The van der Waals surface area contributed by atoms with Crippen molar-refractivity contribution in [1.29, 1.82) is 0 Å². The average molecular weight is 923 g/mol. The van der Waals surface area contributed by atoms with Crippen LogP contribution in [0.1, 0.15) is 79.8 Å². The minimum Gasteiger partial charge on any atom is -0.508 e. The van der Waals surface area contributed by atoms with E-state index < -0.39 is 11.9 Å². The summed E-state index contributed by atoms with van der Waals surface area (Å²) in [6, 6.07) is 16.1. The first-order chi connectivity index (χ1) is 33.1. The number of amides is 3. The molecule has 5 aromatic rings. The molecule has 8 heterocycles. The summed E-state index contributed by atoms with van der Waals surface area (Å²) in [6.07, 6.45) is 9.52. The van der Waals surface area contributed by atoms with Crippen molar-refractivity contribution in [2.75, 3.05) is 75.3 Å². The number of anilines is 2. The zero-order chi connectivity index (χ0) is 46.3. The number of phenolic OH excluding ortho intramolecular Hbond substituents is 1. The van der Waals surface area contributed by atoms with Crippen LogP contribution in [-0.2, 0) is 22.6 Å². The number of benzene rings is 3. The lowest BCUT2D eigenvalue weighted by molar-refractivity contribution is -0.136. The van der Waals surface area contributed by atoms with E-state index >= 15 is 4.39 Å². The maximum Gasteiger partial charge on any atom is 0.319 e. The third-order valence-electron chi connectivity index (χ3n) is 16.1. The molecule has 3 N–H and O–H groups in total. The van der Waals surface area contributed by atoms with Gasteiger partial charge in [0.15, 0.2) is 5.82 Å². The fourth-order valence-electron chi connectivity index (χ4n) is 12.2. The second-order valence-electron chi connectivity index (χ2n) is 20.5. The van der Waals surface area contributed by atoms with Crippen LogP contribution >= 0.6 is 0 Å². The summed E-state index contributed by atoms with van der Waals surface area (Å²) in [6.45, 7) is 11.3. The van der Waals surface area contributed by atoms with Crippen LogP contribution in [0.25, 0.3) is 32.9 Å². The van der Waals surface area contributed by atoms with Crippen LogP contribution in [0.3, 0.4) is 0 Å². The normalized spacial score (nSPS) is 24.3. The smallest absolute Gasteiger partial charge is 0.319 e. The Bertz CT molecular complexity index is 2830. The van der Waals surface area contributed by atoms with E-state index in [9.17, 15) is 19.5 Å². The van der Waals surface area contributed by atoms with E-state index in [0.717, 1.165) is 131 Å². The van der Waals surface area contributed by atoms with Gasteiger partial charge in [0.2, 0.25) is 11.8 Å². The van der Waals surface area contributed by atoms with Gasteiger partial charge in [-0.1, -0.05) is 25.1 Å². The van der Waals surface area contributed by atoms with Gasteiger partial charge in [-0.2, -0.15) is 9.97 Å². The van der Waals surface area contributed by atoms with Crippen LogP contribution in [0.2, 0.25) is 0 Å². The number of carbonyl (C=O) groups excluding carboxylic acids is 3. The monoisotopic (exact) mass is 922 g/mol. The molecule has 5 saturated heterocycles. The fourth-order valence-corrected chi connectivity index (χ4v) is 12.2. The van der Waals surface area contributed by atoms with Crippen molar-refractivity contribution in [3.63, 3.8) is 0 Å². The Kier molecular flexibility index (Phi) is 11.0. The second-order valence-corrected chi connectivity index (χ2v) is 20.5. The summed E-state index contributed by atoms with van der Waals surface area (Å²) in [7, 11) is 0. The van der Waals surface area contributed by atoms with Gasteiger partial charge >= 0.3 is 6.01 Å². The first-order valence-electron chi connectivity index (χ1n) is 24.8. The number of phenols is 1. The Hall–Kier alpha value is -5.97. The summed E-state index contributed by atoms with van der Waals surface area (Å²) in [5, 5.41) is 19.1. The summed E-state index contributed by atoms with van der Waals surface area (Å²) in [5.41, 5.74) is 4.62. The van der Waals surface area contributed by atoms with Gasteiger partial charge in [-0.05, 0) is 104 Å². The first-order valence-corrected chi connectivity index (χ1v) is 24.8. The number of aromatic hydroxyl groups is 1. The van der Waals surface area contributed by atoms with Gasteiger partial charge in [0, 0.05) is 118 Å². The van der Waals surface area contributed by atoms with Crippen molar-refractivity contribution >= 4 is 50.9 Å². The standard InChI is InChI=1S/C52H59FN10O5/c1-2-31-4-3-5-32-23-38(64)24-40(44(31)32)46-45(53)47-41(25-54-46)48(62-27-34-6-7-35(28-62)55-34)58-51(57-47)68-30-52(14-15-52)29-59-18-20-61(21-19-59)36-12-16-60(17-13-36)37-8-9-39-33(22-37)26-63(50(39)67)42-10-11-43(65)56-49(42)66/h3-5,8-9,22-25,34-36,42,55,64H,2,6-7,10-21,26-30H2,1H3,(H,56,65,66). The number of ether oxygens (including phenoxy) is 1. The lowest BCUT2D eigenvalue weighted by Gasteiger charge is -2.44. The van der Waals surface area contributed by atoms with Crippen molar-refractivity contribution in [3.8, 4) is 23.0 Å². The number of aromatic nitrogens is 3. The van der Waals surface area contributed by atoms with Crippen molar-refractivity contribution in [2.45, 2.75) is 95.4 Å². The Morgan fingerprint density at radius 3 is 2.43 bits per heavy atom. The SMILES string of the molecule is CCc1cccc2cc(O)cc(-c3ncc4c(N5CC6CCC(C5)N6)nc(OCC5(CN6CCN(C7CCN(c8ccc9c(c8)CN(C8CCC(=O)NC8=O)C9=O)CC7)CC6)CC5)nc4c3F)c12. The number of carbonyl (C=O) groups is 3. The molecule has 68 heavy (non-hydrogen) atoms. The zero-order valence-electron chi connectivity index (χ0n) is 38.7. The third-order valence-corrected chi connectivity index (χ3v) is 16.1. The highest BCUT2D eigenvalue weighted by Gasteiger charge is 2.46. The van der Waals surface area contributed by atoms with Gasteiger partial charge in [-0.15, -0.1) is 0 Å². The molecule has 12 rings (SSSR count). The van der Waals surface area contributed by atoms with E-state index in [1.807, 2.05) is 30.3 Å². The van der Waals surface area contributed by atoms with E-state index in [2.05, 4.69) is 43.2 Å². The fraction of sp³-hybridized carbons (Fsp3) is 0.500. The lowest BCUT2D eigenvalue weighted by Crippen LogP contribution is -2.54. The molecule has 1 aliphatic carbocycles. The number of nitrogens with zero attached hydrogens (tertiary/aromatic N) is 8. The van der Waals surface area contributed by atoms with Gasteiger partial charge in [-0.25, -0.2) is 4.39 Å². The van der Waals surface area contributed by atoms with E-state index in [1.54, 1.807) is 23.2 Å². The third kappa shape index (κ3) is 7.97. The molecule has 16 heteroatoms. The van der Waals surface area contributed by atoms with Crippen LogP contribution in [0.4, 0.5) is 15.9 Å². The molecule has 1 saturated carbocycles. The Morgan fingerprint density at radius 1 is 0.882 bits per heavy atom. The molecule has 15 nitrogen and oxygen atoms in total. The van der Waals surface area contributed by atoms with Crippen LogP contribution in [0, 0.1) is 11.2 Å². The number of hydrogen-bond acceptors (Lipinski definition) is 13. The number of aryl methyl sites for hydroxylation is 1. The highest BCUT2D eigenvalue weighted by atomic mass is 19.1. The molecule has 6 aliphatic heterocycles. The molecular formula is C52H59FN10O5. The minimum atomic E-state index is -0.610. The summed E-state index contributed by atoms with van der Waals surface area (Å²) in [5.74, 6) is -0.636. The molecule has 6 fully saturated rings. The van der Waals surface area contributed by atoms with E-state index in [4.69, 9.17) is 19.7 Å². The zero-order valence-corrected chi connectivity index (χ0v) is 38.7. The molecule has 3 atom stereocenters. The highest BCUT2D eigenvalue weighted by Crippen LogP contribution is 2.47. The molecule has 3 aromatic carbocycles. The minimum absolute atomic E-state index is 0.00149. The number of pyridine rings is 1. The topological polar surface area (TPSA) is 160 Å². The number of halogens is 1. The van der Waals surface area contributed by atoms with Crippen molar-refractivity contribution < 1.29 is 28.6 Å². The number of rotatable bonds is 11. The first kappa shape index (κ1) is 43.3. The number of nitrogens with one attached hydrogen (secondary N) is 2. The molecule has 0 radical (unpaired) electrons. The lowest BCUT2D eigenvalue weighted by atomic mass is 9.95. The van der Waals surface area contributed by atoms with Gasteiger partial charge < -0.3 is 34.8 Å². The Balaban J connectivity index is 0.697. The number of hydrogen-bond donors (Lipinski definition) is 3. The van der Waals surface area contributed by atoms with Gasteiger partial charge in [-0.3, -0.25) is 29.6 Å². The van der Waals surface area contributed by atoms with E-state index in [1.165, 1.54) is 0 Å². The molecule has 354 valence electrons. The molecule has 2 bridgehead atoms. The van der Waals surface area contributed by atoms with Crippen LogP contribution in [-0.4, -0.2) is 142 Å². The molecule has 0 spiro atoms. The maximum absolute atomic E-state index is 17.2. The Morgan fingerprint density at radius 2 is 1.68 bits per heavy atom. The van der Waals surface area contributed by atoms with Gasteiger partial charge in [0.05, 0.1) is 12.0 Å². The van der Waals surface area contributed by atoms with Gasteiger partial charge in [0.1, 0.15) is 28.8 Å². The number of piperazine rings is 2. The number of piperidine rings is 2.